The molecular formula is C21H22F3N5OS. The van der Waals surface area contributed by atoms with Gasteiger partial charge in [-0.1, -0.05) is 6.07 Å². The van der Waals surface area contributed by atoms with Crippen LogP contribution in [0.5, 0.6) is 0 Å². The number of aromatic nitrogens is 3. The van der Waals surface area contributed by atoms with Gasteiger partial charge in [0.1, 0.15) is 0 Å². The molecule has 1 aromatic carbocycles. The number of nitrogens with one attached hydrogen (secondary N) is 1. The summed E-state index contributed by atoms with van der Waals surface area (Å²) < 4.78 is 44.6. The number of alkyl halides is 3. The van der Waals surface area contributed by atoms with Crippen LogP contribution >= 0.6 is 11.9 Å². The lowest BCUT2D eigenvalue weighted by atomic mass is 9.94. The fourth-order valence-corrected chi connectivity index (χ4v) is 5.69. The van der Waals surface area contributed by atoms with Crippen LogP contribution < -0.4 is 10.5 Å². The number of imidazole rings is 1. The van der Waals surface area contributed by atoms with Crippen LogP contribution in [0.15, 0.2) is 35.5 Å². The van der Waals surface area contributed by atoms with Crippen LogP contribution in [-0.2, 0) is 6.18 Å². The number of rotatable bonds is 4. The van der Waals surface area contributed by atoms with Gasteiger partial charge in [0.15, 0.2) is 17.2 Å². The molecule has 3 aromatic rings. The third-order valence-corrected chi connectivity index (χ3v) is 7.51. The standard InChI is InChI=1S/C21H22F3N5OS/c1-12-2-3-13(31-28-19-4-6-20(30,11-19)7-5-19)8-14(12)15-9-26-18-17(25)27-16(10-29(15)18)21(22,23)24/h2-3,8-10,28,30H,4-7,11H2,1H3,(H2,25,27). The third kappa shape index (κ3) is 3.56. The molecule has 2 aliphatic carbocycles. The molecule has 0 unspecified atom stereocenters. The van der Waals surface area contributed by atoms with E-state index in [2.05, 4.69) is 14.7 Å². The summed E-state index contributed by atoms with van der Waals surface area (Å²) in [5.41, 5.74) is 6.47. The SMILES string of the molecule is Cc1ccc(SNC23CCC(O)(CC2)C3)cc1-c1cnc2c(N)nc(C(F)(F)F)cn12. The van der Waals surface area contributed by atoms with E-state index >= 15 is 0 Å². The molecule has 10 heteroatoms. The van der Waals surface area contributed by atoms with E-state index in [1.165, 1.54) is 22.5 Å². The Balaban J connectivity index is 1.48. The quantitative estimate of drug-likeness (QED) is 0.514. The van der Waals surface area contributed by atoms with Gasteiger partial charge >= 0.3 is 6.18 Å². The molecule has 2 aliphatic rings. The number of nitrogens with two attached hydrogens (primary N) is 1. The van der Waals surface area contributed by atoms with Gasteiger partial charge in [0.05, 0.1) is 17.5 Å². The minimum absolute atomic E-state index is 0.0600. The first-order valence-electron chi connectivity index (χ1n) is 10.1. The fraction of sp³-hybridized carbons (Fsp3) is 0.429. The molecule has 0 amide bonds. The highest BCUT2D eigenvalue weighted by molar-refractivity contribution is 7.97. The number of halogens is 3. The van der Waals surface area contributed by atoms with Crippen molar-refractivity contribution in [3.63, 3.8) is 0 Å². The van der Waals surface area contributed by atoms with Crippen molar-refractivity contribution in [3.8, 4) is 11.3 Å². The van der Waals surface area contributed by atoms with Gasteiger partial charge in [0.2, 0.25) is 0 Å². The number of hydrogen-bond donors (Lipinski definition) is 3. The van der Waals surface area contributed by atoms with E-state index < -0.39 is 17.5 Å². The van der Waals surface area contributed by atoms with Crippen molar-refractivity contribution in [2.75, 3.05) is 5.73 Å². The molecule has 0 spiro atoms. The Morgan fingerprint density at radius 2 is 1.97 bits per heavy atom. The molecule has 2 saturated carbocycles. The average molecular weight is 450 g/mol. The van der Waals surface area contributed by atoms with Crippen molar-refractivity contribution >= 4 is 23.4 Å². The predicted octanol–water partition coefficient (Wildman–Crippen LogP) is 4.35. The number of aliphatic hydroxyl groups is 1. The Morgan fingerprint density at radius 3 is 2.61 bits per heavy atom. The molecule has 2 fully saturated rings. The summed E-state index contributed by atoms with van der Waals surface area (Å²) in [5, 5.41) is 10.5. The highest BCUT2D eigenvalue weighted by Gasteiger charge is 2.53. The van der Waals surface area contributed by atoms with E-state index in [1.807, 2.05) is 25.1 Å². The maximum Gasteiger partial charge on any atom is 0.434 e. The Labute approximate surface area is 181 Å². The third-order valence-electron chi connectivity index (χ3n) is 6.48. The van der Waals surface area contributed by atoms with Crippen molar-refractivity contribution in [2.24, 2.45) is 0 Å². The van der Waals surface area contributed by atoms with Crippen molar-refractivity contribution in [3.05, 3.63) is 41.9 Å². The molecule has 5 rings (SSSR count). The Kier molecular flexibility index (Phi) is 4.55. The first kappa shape index (κ1) is 20.6. The normalized spacial score (nSPS) is 25.6. The molecule has 0 atom stereocenters. The van der Waals surface area contributed by atoms with Crippen LogP contribution in [0.4, 0.5) is 19.0 Å². The average Bonchev–Trinajstić information content (AvgIpc) is 3.38. The zero-order chi connectivity index (χ0) is 22.0. The van der Waals surface area contributed by atoms with Gasteiger partial charge in [-0.2, -0.15) is 13.2 Å². The second-order valence-corrected chi connectivity index (χ2v) is 9.59. The van der Waals surface area contributed by atoms with E-state index in [1.54, 1.807) is 0 Å². The minimum Gasteiger partial charge on any atom is -0.390 e. The topological polar surface area (TPSA) is 88.5 Å². The summed E-state index contributed by atoms with van der Waals surface area (Å²) in [6.07, 6.45) is 2.11. The Morgan fingerprint density at radius 1 is 1.23 bits per heavy atom. The summed E-state index contributed by atoms with van der Waals surface area (Å²) in [4.78, 5) is 8.58. The van der Waals surface area contributed by atoms with Crippen molar-refractivity contribution in [1.82, 2.24) is 19.1 Å². The van der Waals surface area contributed by atoms with Gasteiger partial charge in [-0.05, 0) is 68.7 Å². The number of nitrogens with zero attached hydrogens (tertiary/aromatic N) is 3. The number of aryl methyl sites for hydroxylation is 1. The second kappa shape index (κ2) is 6.85. The van der Waals surface area contributed by atoms with E-state index in [0.717, 1.165) is 54.3 Å². The summed E-state index contributed by atoms with van der Waals surface area (Å²) in [5.74, 6) is -0.264. The molecule has 2 heterocycles. The number of nitrogen functional groups attached to an aromatic ring is 1. The fourth-order valence-electron chi connectivity index (χ4n) is 4.77. The van der Waals surface area contributed by atoms with Crippen molar-refractivity contribution < 1.29 is 18.3 Å². The van der Waals surface area contributed by atoms with Crippen LogP contribution in [0, 0.1) is 6.92 Å². The molecule has 31 heavy (non-hydrogen) atoms. The molecule has 164 valence electrons. The highest BCUT2D eigenvalue weighted by Crippen LogP contribution is 2.51. The highest BCUT2D eigenvalue weighted by atomic mass is 32.2. The van der Waals surface area contributed by atoms with Gasteiger partial charge in [-0.15, -0.1) is 0 Å². The zero-order valence-electron chi connectivity index (χ0n) is 16.8. The Bertz CT molecular complexity index is 1170. The van der Waals surface area contributed by atoms with Gasteiger partial charge in [0.25, 0.3) is 0 Å². The van der Waals surface area contributed by atoms with Crippen LogP contribution in [0.1, 0.15) is 43.4 Å². The smallest absolute Gasteiger partial charge is 0.390 e. The van der Waals surface area contributed by atoms with Gasteiger partial charge in [-0.25, -0.2) is 9.97 Å². The number of benzene rings is 1. The molecule has 0 saturated heterocycles. The second-order valence-electron chi connectivity index (χ2n) is 8.71. The van der Waals surface area contributed by atoms with Crippen LogP contribution in [-0.4, -0.2) is 30.6 Å². The van der Waals surface area contributed by atoms with Crippen LogP contribution in [0.25, 0.3) is 16.9 Å². The van der Waals surface area contributed by atoms with E-state index in [-0.39, 0.29) is 17.0 Å². The van der Waals surface area contributed by atoms with E-state index in [0.29, 0.717) is 5.69 Å². The van der Waals surface area contributed by atoms with Gasteiger partial charge in [-0.3, -0.25) is 9.12 Å². The largest absolute Gasteiger partial charge is 0.434 e. The number of hydrogen-bond acceptors (Lipinski definition) is 6. The summed E-state index contributed by atoms with van der Waals surface area (Å²) in [7, 11) is 0. The summed E-state index contributed by atoms with van der Waals surface area (Å²) in [6, 6.07) is 5.85. The minimum atomic E-state index is -4.61. The number of anilines is 1. The van der Waals surface area contributed by atoms with Crippen LogP contribution in [0.3, 0.4) is 0 Å². The van der Waals surface area contributed by atoms with E-state index in [9.17, 15) is 18.3 Å². The van der Waals surface area contributed by atoms with E-state index in [4.69, 9.17) is 5.73 Å². The predicted molar refractivity (Wildman–Crippen MR) is 112 cm³/mol. The molecule has 2 bridgehead atoms. The molecule has 2 aromatic heterocycles. The first-order valence-corrected chi connectivity index (χ1v) is 10.9. The van der Waals surface area contributed by atoms with Gasteiger partial charge < -0.3 is 10.8 Å². The van der Waals surface area contributed by atoms with Crippen LogP contribution in [0.2, 0.25) is 0 Å². The lowest BCUT2D eigenvalue weighted by Crippen LogP contribution is -2.36. The van der Waals surface area contributed by atoms with Gasteiger partial charge in [0, 0.05) is 22.2 Å². The molecule has 4 N–H and O–H groups in total. The van der Waals surface area contributed by atoms with Crippen molar-refractivity contribution in [2.45, 2.75) is 61.2 Å². The number of fused-ring (bicyclic) bond motifs is 3. The first-order chi connectivity index (χ1) is 14.6. The van der Waals surface area contributed by atoms with Crippen molar-refractivity contribution in [1.29, 1.82) is 0 Å². The monoisotopic (exact) mass is 449 g/mol. The lowest BCUT2D eigenvalue weighted by molar-refractivity contribution is -0.141. The molecule has 6 nitrogen and oxygen atoms in total. The zero-order valence-corrected chi connectivity index (χ0v) is 17.6. The summed E-state index contributed by atoms with van der Waals surface area (Å²) in [6.45, 7) is 1.90. The summed E-state index contributed by atoms with van der Waals surface area (Å²) >= 11 is 1.49. The maximum atomic E-state index is 13.2. The Hall–Kier alpha value is -2.30. The lowest BCUT2D eigenvalue weighted by Gasteiger charge is -2.27. The molecule has 0 radical (unpaired) electrons. The molecular weight excluding hydrogens is 427 g/mol. The maximum absolute atomic E-state index is 13.2. The molecule has 0 aliphatic heterocycles.